The second-order valence-corrected chi connectivity index (χ2v) is 14.0. The van der Waals surface area contributed by atoms with Crippen molar-refractivity contribution in [1.29, 1.82) is 0 Å². The summed E-state index contributed by atoms with van der Waals surface area (Å²) in [7, 11) is 0. The van der Waals surface area contributed by atoms with E-state index in [2.05, 4.69) is 167 Å². The van der Waals surface area contributed by atoms with Gasteiger partial charge in [0.25, 0.3) is 0 Å². The van der Waals surface area contributed by atoms with Crippen molar-refractivity contribution in [2.45, 2.75) is 24.8 Å². The predicted octanol–water partition coefficient (Wildman–Crippen LogP) is 11.7. The van der Waals surface area contributed by atoms with Gasteiger partial charge in [0.1, 0.15) is 0 Å². The van der Waals surface area contributed by atoms with Gasteiger partial charge in [0.15, 0.2) is 0 Å². The fraction of sp³-hybridized carbons (Fsp3) is 0.0909. The lowest BCUT2D eigenvalue weighted by molar-refractivity contribution is 0.744. The molecule has 2 unspecified atom stereocenters. The van der Waals surface area contributed by atoms with Gasteiger partial charge in [-0.25, -0.2) is 0 Å². The first-order valence-electron chi connectivity index (χ1n) is 16.6. The first-order valence-corrected chi connectivity index (χ1v) is 17.4. The van der Waals surface area contributed by atoms with Crippen molar-refractivity contribution >= 4 is 64.7 Å². The molecule has 1 aliphatic carbocycles. The summed E-state index contributed by atoms with van der Waals surface area (Å²) >= 11 is 1.87. The summed E-state index contributed by atoms with van der Waals surface area (Å²) < 4.78 is 5.13. The number of thiophene rings is 1. The number of hydrogen-bond donors (Lipinski definition) is 0. The van der Waals surface area contributed by atoms with Gasteiger partial charge in [-0.1, -0.05) is 97.1 Å². The average Bonchev–Trinajstić information content (AvgIpc) is 3.78. The summed E-state index contributed by atoms with van der Waals surface area (Å²) in [6.45, 7) is 0. The molecule has 47 heavy (non-hydrogen) atoms. The van der Waals surface area contributed by atoms with Gasteiger partial charge in [-0.2, -0.15) is 0 Å². The van der Waals surface area contributed by atoms with Gasteiger partial charge >= 0.3 is 0 Å². The van der Waals surface area contributed by atoms with Crippen molar-refractivity contribution in [3.05, 3.63) is 174 Å². The predicted molar refractivity (Wildman–Crippen MR) is 201 cm³/mol. The highest BCUT2D eigenvalue weighted by atomic mass is 32.1. The highest BCUT2D eigenvalue weighted by Crippen LogP contribution is 2.48. The topological polar surface area (TPSA) is 8.17 Å². The molecule has 0 bridgehead atoms. The Morgan fingerprint density at radius 2 is 1.23 bits per heavy atom. The molecular formula is C44H32N2S. The Morgan fingerprint density at radius 3 is 2.15 bits per heavy atom. The second kappa shape index (κ2) is 10.6. The number of aromatic nitrogens is 1. The van der Waals surface area contributed by atoms with E-state index in [1.807, 2.05) is 11.3 Å². The van der Waals surface area contributed by atoms with Crippen LogP contribution in [0.5, 0.6) is 0 Å². The zero-order chi connectivity index (χ0) is 30.9. The van der Waals surface area contributed by atoms with Gasteiger partial charge in [0, 0.05) is 53.9 Å². The van der Waals surface area contributed by atoms with Crippen LogP contribution < -0.4 is 4.90 Å². The number of aryl methyl sites for hydroxylation is 2. The van der Waals surface area contributed by atoms with Crippen LogP contribution in [0.25, 0.3) is 47.7 Å². The van der Waals surface area contributed by atoms with Crippen molar-refractivity contribution < 1.29 is 0 Å². The molecule has 3 heterocycles. The minimum Gasteiger partial charge on any atom is -0.333 e. The molecule has 0 fully saturated rings. The smallest absolute Gasteiger partial charge is 0.0629 e. The Bertz CT molecular complexity index is 2550. The van der Waals surface area contributed by atoms with E-state index in [1.165, 1.54) is 75.7 Å². The molecular weight excluding hydrogens is 589 g/mol. The molecule has 2 aliphatic rings. The normalized spacial score (nSPS) is 16.9. The van der Waals surface area contributed by atoms with Crippen LogP contribution >= 0.6 is 11.3 Å². The highest BCUT2D eigenvalue weighted by molar-refractivity contribution is 7.25. The largest absolute Gasteiger partial charge is 0.333 e. The molecule has 6 aromatic carbocycles. The standard InChI is InChI=1S/C44H32N2S/c1-2-10-31(11-3-1)45-39-15-7-4-12-33(39)36-26-29(20-23-41(36)45)18-19-30-21-24-42-37(27-30)34-13-5-8-16-40(34)46(42)32-22-25-44-38(28-32)35-14-6-9-17-43(35)47-44/h1-17,20-28,33,39H,18-19H2. The monoisotopic (exact) mass is 620 g/mol. The number of benzene rings is 6. The quantitative estimate of drug-likeness (QED) is 0.186. The molecule has 0 amide bonds. The van der Waals surface area contributed by atoms with E-state index in [0.29, 0.717) is 12.0 Å². The molecule has 2 atom stereocenters. The number of rotatable bonds is 5. The molecule has 0 spiro atoms. The maximum absolute atomic E-state index is 2.51. The van der Waals surface area contributed by atoms with Crippen molar-refractivity contribution in [3.8, 4) is 5.69 Å². The summed E-state index contributed by atoms with van der Waals surface area (Å²) in [5, 5.41) is 5.30. The Hall–Kier alpha value is -5.38. The Morgan fingerprint density at radius 1 is 0.511 bits per heavy atom. The van der Waals surface area contributed by atoms with Gasteiger partial charge < -0.3 is 9.47 Å². The molecule has 3 heteroatoms. The minimum absolute atomic E-state index is 0.326. The van der Waals surface area contributed by atoms with Gasteiger partial charge in [-0.3, -0.25) is 0 Å². The molecule has 2 nitrogen and oxygen atoms in total. The zero-order valence-corrected chi connectivity index (χ0v) is 26.7. The van der Waals surface area contributed by atoms with Gasteiger partial charge in [0.2, 0.25) is 0 Å². The Labute approximate surface area is 278 Å². The fourth-order valence-electron chi connectivity index (χ4n) is 8.03. The Kier molecular flexibility index (Phi) is 6.03. The van der Waals surface area contributed by atoms with Crippen LogP contribution in [0.2, 0.25) is 0 Å². The maximum Gasteiger partial charge on any atom is 0.0629 e. The third-order valence-corrected chi connectivity index (χ3v) is 11.4. The molecule has 0 radical (unpaired) electrons. The molecule has 0 saturated carbocycles. The number of nitrogens with zero attached hydrogens (tertiary/aromatic N) is 2. The van der Waals surface area contributed by atoms with Crippen LogP contribution in [-0.4, -0.2) is 10.6 Å². The summed E-state index contributed by atoms with van der Waals surface area (Å²) in [6.07, 6.45) is 11.1. The third kappa shape index (κ3) is 4.23. The molecule has 10 rings (SSSR count). The second-order valence-electron chi connectivity index (χ2n) is 12.9. The van der Waals surface area contributed by atoms with E-state index < -0.39 is 0 Å². The summed E-state index contributed by atoms with van der Waals surface area (Å²) in [5.74, 6) is 0.379. The van der Waals surface area contributed by atoms with E-state index in [9.17, 15) is 0 Å². The van der Waals surface area contributed by atoms with E-state index in [0.717, 1.165) is 12.8 Å². The number of allylic oxidation sites excluding steroid dienone is 2. The first kappa shape index (κ1) is 26.8. The van der Waals surface area contributed by atoms with Crippen molar-refractivity contribution in [1.82, 2.24) is 4.57 Å². The molecule has 0 saturated heterocycles. The number of hydrogen-bond acceptors (Lipinski definition) is 2. The number of para-hydroxylation sites is 2. The van der Waals surface area contributed by atoms with Gasteiger partial charge in [0.05, 0.1) is 17.1 Å². The lowest BCUT2D eigenvalue weighted by Gasteiger charge is -2.28. The Balaban J connectivity index is 0.998. The SMILES string of the molecule is C1=CC2c3cc(CCc4ccc5c(c4)c4ccccc4n5-c4ccc5sc6ccccc6c5c4)ccc3N(c3ccccc3)C2C=C1. The maximum atomic E-state index is 2.51. The summed E-state index contributed by atoms with van der Waals surface area (Å²) in [6, 6.07) is 50.0. The van der Waals surface area contributed by atoms with Crippen LogP contribution in [0.3, 0.4) is 0 Å². The van der Waals surface area contributed by atoms with Crippen LogP contribution in [0, 0.1) is 0 Å². The molecule has 2 aromatic heterocycles. The lowest BCUT2D eigenvalue weighted by atomic mass is 9.90. The van der Waals surface area contributed by atoms with E-state index in [1.54, 1.807) is 0 Å². The van der Waals surface area contributed by atoms with E-state index in [4.69, 9.17) is 0 Å². The highest BCUT2D eigenvalue weighted by Gasteiger charge is 2.37. The van der Waals surface area contributed by atoms with Crippen LogP contribution in [0.1, 0.15) is 22.6 Å². The average molecular weight is 621 g/mol. The molecule has 8 aromatic rings. The minimum atomic E-state index is 0.326. The van der Waals surface area contributed by atoms with Crippen LogP contribution in [-0.2, 0) is 12.8 Å². The summed E-state index contributed by atoms with van der Waals surface area (Å²) in [4.78, 5) is 2.51. The van der Waals surface area contributed by atoms with E-state index >= 15 is 0 Å². The third-order valence-electron chi connectivity index (χ3n) is 10.2. The zero-order valence-electron chi connectivity index (χ0n) is 25.9. The van der Waals surface area contributed by atoms with Crippen LogP contribution in [0.4, 0.5) is 11.4 Å². The van der Waals surface area contributed by atoms with Gasteiger partial charge in [-0.15, -0.1) is 11.3 Å². The molecule has 224 valence electrons. The van der Waals surface area contributed by atoms with Crippen molar-refractivity contribution in [2.75, 3.05) is 4.90 Å². The van der Waals surface area contributed by atoms with Crippen molar-refractivity contribution in [3.63, 3.8) is 0 Å². The number of fused-ring (bicyclic) bond motifs is 9. The van der Waals surface area contributed by atoms with Gasteiger partial charge in [-0.05, 0) is 90.2 Å². The summed E-state index contributed by atoms with van der Waals surface area (Å²) in [5.41, 5.74) is 10.5. The van der Waals surface area contributed by atoms with E-state index in [-0.39, 0.29) is 0 Å². The van der Waals surface area contributed by atoms with Crippen LogP contribution in [0.15, 0.2) is 158 Å². The molecule has 0 N–H and O–H groups in total. The molecule has 1 aliphatic heterocycles. The number of anilines is 2. The van der Waals surface area contributed by atoms with Crippen molar-refractivity contribution in [2.24, 2.45) is 0 Å². The fourth-order valence-corrected chi connectivity index (χ4v) is 9.12. The first-order chi connectivity index (χ1) is 23.3. The lowest BCUT2D eigenvalue weighted by Crippen LogP contribution is -2.28.